The van der Waals surface area contributed by atoms with Crippen LogP contribution in [-0.4, -0.2) is 54.8 Å². The van der Waals surface area contributed by atoms with E-state index in [-0.39, 0.29) is 36.3 Å². The summed E-state index contributed by atoms with van der Waals surface area (Å²) in [7, 11) is -3.10. The molecule has 0 aromatic heterocycles. The highest BCUT2D eigenvalue weighted by Gasteiger charge is 2.49. The molecule has 2 fully saturated rings. The summed E-state index contributed by atoms with van der Waals surface area (Å²) in [4.78, 5) is 26.3. The van der Waals surface area contributed by atoms with Gasteiger partial charge in [-0.3, -0.25) is 9.59 Å². The van der Waals surface area contributed by atoms with Crippen LogP contribution in [0.5, 0.6) is 0 Å². The first-order chi connectivity index (χ1) is 9.45. The van der Waals surface area contributed by atoms with Crippen LogP contribution >= 0.6 is 0 Å². The Kier molecular flexibility index (Phi) is 3.85. The molecule has 0 bridgehead atoms. The molecule has 7 heteroatoms. The van der Waals surface area contributed by atoms with Crippen molar-refractivity contribution in [2.75, 3.05) is 18.1 Å². The van der Waals surface area contributed by atoms with Crippen molar-refractivity contribution in [1.29, 1.82) is 0 Å². The highest BCUT2D eigenvalue weighted by atomic mass is 32.2. The predicted molar refractivity (Wildman–Crippen MR) is 79.4 cm³/mol. The predicted octanol–water partition coefficient (Wildman–Crippen LogP) is 0.327. The van der Waals surface area contributed by atoms with Crippen molar-refractivity contribution in [2.24, 2.45) is 5.41 Å². The fourth-order valence-corrected chi connectivity index (χ4v) is 5.25. The molecule has 2 rings (SSSR count). The van der Waals surface area contributed by atoms with Crippen LogP contribution in [0.4, 0.5) is 0 Å². The molecule has 2 aliphatic heterocycles. The topological polar surface area (TPSA) is 83.6 Å². The maximum absolute atomic E-state index is 12.9. The molecule has 2 unspecified atom stereocenters. The molecular formula is C14H24N2O4S. The Labute approximate surface area is 126 Å². The van der Waals surface area contributed by atoms with Crippen LogP contribution in [0.1, 0.15) is 40.5 Å². The number of hydrogen-bond donors (Lipinski definition) is 1. The van der Waals surface area contributed by atoms with Gasteiger partial charge in [0.2, 0.25) is 11.8 Å². The molecule has 0 aromatic rings. The van der Waals surface area contributed by atoms with Crippen molar-refractivity contribution in [3.8, 4) is 0 Å². The third kappa shape index (κ3) is 3.22. The molecule has 0 saturated carbocycles. The van der Waals surface area contributed by atoms with Gasteiger partial charge in [0.25, 0.3) is 0 Å². The van der Waals surface area contributed by atoms with Crippen molar-refractivity contribution in [1.82, 2.24) is 10.2 Å². The fourth-order valence-electron chi connectivity index (χ4n) is 3.10. The zero-order valence-electron chi connectivity index (χ0n) is 13.1. The van der Waals surface area contributed by atoms with E-state index in [0.717, 1.165) is 0 Å². The first-order valence-corrected chi connectivity index (χ1v) is 9.08. The largest absolute Gasteiger partial charge is 0.344 e. The Morgan fingerprint density at radius 3 is 2.38 bits per heavy atom. The van der Waals surface area contributed by atoms with E-state index in [9.17, 15) is 18.0 Å². The quantitative estimate of drug-likeness (QED) is 0.755. The lowest BCUT2D eigenvalue weighted by molar-refractivity contribution is -0.140. The molecule has 1 N–H and O–H groups in total. The van der Waals surface area contributed by atoms with E-state index in [4.69, 9.17) is 0 Å². The van der Waals surface area contributed by atoms with Gasteiger partial charge in [0.15, 0.2) is 9.84 Å². The van der Waals surface area contributed by atoms with Crippen LogP contribution in [-0.2, 0) is 19.4 Å². The van der Waals surface area contributed by atoms with Crippen molar-refractivity contribution < 1.29 is 18.0 Å². The minimum Gasteiger partial charge on any atom is -0.344 e. The summed E-state index contributed by atoms with van der Waals surface area (Å²) in [6.45, 7) is 7.78. The average molecular weight is 316 g/mol. The molecule has 0 spiro atoms. The van der Waals surface area contributed by atoms with Gasteiger partial charge in [-0.15, -0.1) is 0 Å². The summed E-state index contributed by atoms with van der Waals surface area (Å²) >= 11 is 0. The molecule has 2 saturated heterocycles. The SMILES string of the molecule is CC(C)(C)C1NC(=O)CCN(C2(C)CCS(=O)(=O)C2)C1=O. The standard InChI is InChI=1S/C14H24N2O4S/c1-13(2,3)11-12(18)16(7-5-10(17)15-11)14(4)6-8-21(19,20)9-14/h11H,5-9H2,1-4H3,(H,15,17). The van der Waals surface area contributed by atoms with E-state index < -0.39 is 26.8 Å². The summed E-state index contributed by atoms with van der Waals surface area (Å²) < 4.78 is 23.6. The number of carbonyl (C=O) groups is 2. The first kappa shape index (κ1) is 16.3. The third-order valence-electron chi connectivity index (χ3n) is 4.38. The highest BCUT2D eigenvalue weighted by Crippen LogP contribution is 2.33. The van der Waals surface area contributed by atoms with Crippen LogP contribution in [0.25, 0.3) is 0 Å². The van der Waals surface area contributed by atoms with Crippen LogP contribution < -0.4 is 5.32 Å². The molecule has 6 nitrogen and oxygen atoms in total. The summed E-state index contributed by atoms with van der Waals surface area (Å²) in [5.41, 5.74) is -1.12. The number of rotatable bonds is 1. The second kappa shape index (κ2) is 4.97. The smallest absolute Gasteiger partial charge is 0.246 e. The molecule has 0 aromatic carbocycles. The van der Waals surface area contributed by atoms with E-state index in [1.807, 2.05) is 27.7 Å². The zero-order chi connectivity index (χ0) is 16.1. The monoisotopic (exact) mass is 316 g/mol. The van der Waals surface area contributed by atoms with Crippen LogP contribution in [0.3, 0.4) is 0 Å². The van der Waals surface area contributed by atoms with Gasteiger partial charge < -0.3 is 10.2 Å². The van der Waals surface area contributed by atoms with Gasteiger partial charge in [-0.25, -0.2) is 8.42 Å². The summed E-state index contributed by atoms with van der Waals surface area (Å²) in [5.74, 6) is -0.241. The van der Waals surface area contributed by atoms with Crippen LogP contribution in [0.15, 0.2) is 0 Å². The van der Waals surface area contributed by atoms with Gasteiger partial charge in [-0.1, -0.05) is 20.8 Å². The molecule has 120 valence electrons. The third-order valence-corrected chi connectivity index (χ3v) is 6.27. The number of sulfone groups is 1. The van der Waals surface area contributed by atoms with Crippen LogP contribution in [0, 0.1) is 5.41 Å². The van der Waals surface area contributed by atoms with Crippen molar-refractivity contribution in [3.63, 3.8) is 0 Å². The summed E-state index contributed by atoms with van der Waals surface area (Å²) in [6.07, 6.45) is 0.653. The molecule has 2 heterocycles. The molecular weight excluding hydrogens is 292 g/mol. The molecule has 2 amide bonds. The lowest BCUT2D eigenvalue weighted by Gasteiger charge is -2.40. The van der Waals surface area contributed by atoms with Gasteiger partial charge in [0.1, 0.15) is 6.04 Å². The Morgan fingerprint density at radius 2 is 1.90 bits per heavy atom. The fraction of sp³-hybridized carbons (Fsp3) is 0.857. The lowest BCUT2D eigenvalue weighted by atomic mass is 9.85. The minimum absolute atomic E-state index is 0.0171. The van der Waals surface area contributed by atoms with Crippen molar-refractivity contribution >= 4 is 21.7 Å². The number of carbonyl (C=O) groups excluding carboxylic acids is 2. The first-order valence-electron chi connectivity index (χ1n) is 7.26. The van der Waals surface area contributed by atoms with Crippen molar-refractivity contribution in [3.05, 3.63) is 0 Å². The Morgan fingerprint density at radius 1 is 1.29 bits per heavy atom. The summed E-state index contributed by atoms with van der Waals surface area (Å²) in [5, 5.41) is 2.78. The zero-order valence-corrected chi connectivity index (χ0v) is 13.9. The Balaban J connectivity index is 2.35. The minimum atomic E-state index is -3.10. The maximum Gasteiger partial charge on any atom is 0.246 e. The van der Waals surface area contributed by atoms with Gasteiger partial charge in [0, 0.05) is 13.0 Å². The molecule has 2 atom stereocenters. The summed E-state index contributed by atoms with van der Waals surface area (Å²) in [6, 6.07) is -0.618. The number of hydrogen-bond acceptors (Lipinski definition) is 4. The lowest BCUT2D eigenvalue weighted by Crippen LogP contribution is -2.58. The van der Waals surface area contributed by atoms with E-state index in [1.54, 1.807) is 4.90 Å². The normalized spacial score (nSPS) is 33.7. The van der Waals surface area contributed by atoms with Gasteiger partial charge in [0.05, 0.1) is 17.0 Å². The second-order valence-corrected chi connectivity index (χ2v) is 9.63. The van der Waals surface area contributed by atoms with E-state index in [1.165, 1.54) is 0 Å². The van der Waals surface area contributed by atoms with E-state index in [2.05, 4.69) is 5.32 Å². The van der Waals surface area contributed by atoms with E-state index >= 15 is 0 Å². The number of amides is 2. The van der Waals surface area contributed by atoms with Crippen LogP contribution in [0.2, 0.25) is 0 Å². The number of nitrogens with zero attached hydrogens (tertiary/aromatic N) is 1. The Hall–Kier alpha value is -1.11. The average Bonchev–Trinajstić information content (AvgIpc) is 2.49. The highest BCUT2D eigenvalue weighted by molar-refractivity contribution is 7.91. The maximum atomic E-state index is 12.9. The molecule has 2 aliphatic rings. The van der Waals surface area contributed by atoms with E-state index in [0.29, 0.717) is 6.42 Å². The molecule has 0 aliphatic carbocycles. The number of nitrogens with one attached hydrogen (secondary N) is 1. The molecule has 21 heavy (non-hydrogen) atoms. The van der Waals surface area contributed by atoms with Gasteiger partial charge in [-0.05, 0) is 18.8 Å². The van der Waals surface area contributed by atoms with Gasteiger partial charge in [-0.2, -0.15) is 0 Å². The second-order valence-electron chi connectivity index (χ2n) is 7.45. The van der Waals surface area contributed by atoms with Crippen molar-refractivity contribution in [2.45, 2.75) is 52.1 Å². The van der Waals surface area contributed by atoms with Gasteiger partial charge >= 0.3 is 0 Å². The Bertz CT molecular complexity index is 564. The molecule has 0 radical (unpaired) electrons.